The first kappa shape index (κ1) is 12.5. The van der Waals surface area contributed by atoms with Gasteiger partial charge in [0.05, 0.1) is 0 Å². The van der Waals surface area contributed by atoms with Crippen molar-refractivity contribution in [3.8, 4) is 0 Å². The lowest BCUT2D eigenvalue weighted by atomic mass is 9.82. The van der Waals surface area contributed by atoms with Gasteiger partial charge in [-0.2, -0.15) is 0 Å². The van der Waals surface area contributed by atoms with E-state index in [-0.39, 0.29) is 5.91 Å². The van der Waals surface area contributed by atoms with Crippen LogP contribution in [0.4, 0.5) is 11.4 Å². The fourth-order valence-corrected chi connectivity index (χ4v) is 3.15. The molecule has 2 N–H and O–H groups in total. The smallest absolute Gasteiger partial charge is 0.226 e. The molecule has 3 rings (SSSR count). The summed E-state index contributed by atoms with van der Waals surface area (Å²) >= 11 is 0. The maximum atomic E-state index is 12.4. The van der Waals surface area contributed by atoms with Crippen molar-refractivity contribution < 1.29 is 4.79 Å². The first-order valence-electron chi connectivity index (χ1n) is 7.43. The largest absolute Gasteiger partial charge is 0.398 e. The molecule has 1 saturated carbocycles. The Morgan fingerprint density at radius 2 is 2.16 bits per heavy atom. The highest BCUT2D eigenvalue weighted by molar-refractivity contribution is 5.95. The summed E-state index contributed by atoms with van der Waals surface area (Å²) in [6.45, 7) is 0.847. The van der Waals surface area contributed by atoms with Gasteiger partial charge in [0.15, 0.2) is 0 Å². The molecule has 3 heteroatoms. The highest BCUT2D eigenvalue weighted by Gasteiger charge is 2.25. The number of fused-ring (bicyclic) bond motifs is 1. The Kier molecular flexibility index (Phi) is 3.45. The van der Waals surface area contributed by atoms with Crippen molar-refractivity contribution >= 4 is 17.3 Å². The molecule has 2 aliphatic rings. The molecule has 1 aliphatic heterocycles. The number of carbonyl (C=O) groups excluding carboxylic acids is 1. The minimum Gasteiger partial charge on any atom is -0.398 e. The molecule has 0 saturated heterocycles. The predicted molar refractivity (Wildman–Crippen MR) is 78.1 cm³/mol. The van der Waals surface area contributed by atoms with Gasteiger partial charge < -0.3 is 10.6 Å². The Morgan fingerprint density at radius 1 is 1.32 bits per heavy atom. The van der Waals surface area contributed by atoms with Crippen LogP contribution in [0.2, 0.25) is 0 Å². The van der Waals surface area contributed by atoms with Gasteiger partial charge in [0.1, 0.15) is 0 Å². The molecule has 1 aliphatic carbocycles. The van der Waals surface area contributed by atoms with Crippen LogP contribution in [0.1, 0.15) is 44.1 Å². The Bertz CT molecular complexity index is 480. The van der Waals surface area contributed by atoms with Gasteiger partial charge in [0.25, 0.3) is 0 Å². The zero-order valence-corrected chi connectivity index (χ0v) is 11.4. The number of amides is 1. The van der Waals surface area contributed by atoms with Crippen LogP contribution in [0.15, 0.2) is 18.2 Å². The number of hydrogen-bond acceptors (Lipinski definition) is 2. The van der Waals surface area contributed by atoms with E-state index in [1.165, 1.54) is 19.3 Å². The van der Waals surface area contributed by atoms with E-state index in [1.54, 1.807) is 0 Å². The van der Waals surface area contributed by atoms with Gasteiger partial charge in [0.2, 0.25) is 5.91 Å². The summed E-state index contributed by atoms with van der Waals surface area (Å²) in [5.74, 6) is 1.08. The minimum absolute atomic E-state index is 0.276. The summed E-state index contributed by atoms with van der Waals surface area (Å²) in [6, 6.07) is 5.92. The van der Waals surface area contributed by atoms with E-state index >= 15 is 0 Å². The van der Waals surface area contributed by atoms with Crippen molar-refractivity contribution in [2.24, 2.45) is 5.92 Å². The summed E-state index contributed by atoms with van der Waals surface area (Å²) in [4.78, 5) is 14.4. The fraction of sp³-hybridized carbons (Fsp3) is 0.562. The average Bonchev–Trinajstić information content (AvgIpc) is 2.36. The van der Waals surface area contributed by atoms with Crippen LogP contribution in [-0.2, 0) is 11.2 Å². The summed E-state index contributed by atoms with van der Waals surface area (Å²) < 4.78 is 0. The van der Waals surface area contributed by atoms with Gasteiger partial charge in [-0.25, -0.2) is 0 Å². The molecular formula is C16H22N2O. The van der Waals surface area contributed by atoms with Crippen molar-refractivity contribution in [3.05, 3.63) is 23.8 Å². The summed E-state index contributed by atoms with van der Waals surface area (Å²) in [5, 5.41) is 0. The molecule has 1 fully saturated rings. The lowest BCUT2D eigenvalue weighted by molar-refractivity contribution is -0.119. The molecule has 1 heterocycles. The molecule has 3 nitrogen and oxygen atoms in total. The molecule has 0 aromatic heterocycles. The van der Waals surface area contributed by atoms with Crippen molar-refractivity contribution in [2.75, 3.05) is 17.2 Å². The quantitative estimate of drug-likeness (QED) is 0.847. The van der Waals surface area contributed by atoms with Gasteiger partial charge in [-0.05, 0) is 42.9 Å². The van der Waals surface area contributed by atoms with Crippen LogP contribution in [-0.4, -0.2) is 12.5 Å². The van der Waals surface area contributed by atoms with Crippen LogP contribution in [0, 0.1) is 5.92 Å². The molecule has 102 valence electrons. The second-order valence-corrected chi connectivity index (χ2v) is 5.83. The molecule has 0 atom stereocenters. The Labute approximate surface area is 114 Å². The predicted octanol–water partition coefficient (Wildman–Crippen LogP) is 3.13. The van der Waals surface area contributed by atoms with Gasteiger partial charge in [-0.15, -0.1) is 0 Å². The lowest BCUT2D eigenvalue weighted by Gasteiger charge is -2.31. The molecule has 1 aromatic carbocycles. The SMILES string of the molecule is Nc1cccc2c1CCCN2C(=O)CCC1CCC1. The Balaban J connectivity index is 1.71. The van der Waals surface area contributed by atoms with Crippen LogP contribution in [0.5, 0.6) is 0 Å². The van der Waals surface area contributed by atoms with Crippen molar-refractivity contribution in [1.82, 2.24) is 0 Å². The molecule has 1 amide bonds. The molecule has 0 bridgehead atoms. The third-order valence-corrected chi connectivity index (χ3v) is 4.58. The van der Waals surface area contributed by atoms with E-state index in [4.69, 9.17) is 5.73 Å². The monoisotopic (exact) mass is 258 g/mol. The fourth-order valence-electron chi connectivity index (χ4n) is 3.15. The van der Waals surface area contributed by atoms with Crippen molar-refractivity contribution in [2.45, 2.75) is 44.9 Å². The Morgan fingerprint density at radius 3 is 2.89 bits per heavy atom. The number of nitrogens with two attached hydrogens (primary N) is 1. The number of carbonyl (C=O) groups is 1. The number of hydrogen-bond donors (Lipinski definition) is 1. The van der Waals surface area contributed by atoms with Crippen molar-refractivity contribution in [3.63, 3.8) is 0 Å². The minimum atomic E-state index is 0.276. The number of nitrogen functional groups attached to an aromatic ring is 1. The zero-order chi connectivity index (χ0) is 13.2. The van der Waals surface area contributed by atoms with Gasteiger partial charge in [-0.3, -0.25) is 4.79 Å². The summed E-state index contributed by atoms with van der Waals surface area (Å²) in [5.41, 5.74) is 9.05. The molecule has 19 heavy (non-hydrogen) atoms. The van der Waals surface area contributed by atoms with E-state index in [0.717, 1.165) is 48.7 Å². The molecule has 0 unspecified atom stereocenters. The topological polar surface area (TPSA) is 46.3 Å². The average molecular weight is 258 g/mol. The number of anilines is 2. The number of benzene rings is 1. The van der Waals surface area contributed by atoms with Gasteiger partial charge in [-0.1, -0.05) is 25.3 Å². The summed E-state index contributed by atoms with van der Waals surface area (Å²) in [7, 11) is 0. The van der Waals surface area contributed by atoms with E-state index in [2.05, 4.69) is 0 Å². The lowest BCUT2D eigenvalue weighted by Crippen LogP contribution is -2.36. The second kappa shape index (κ2) is 5.24. The zero-order valence-electron chi connectivity index (χ0n) is 11.4. The van der Waals surface area contributed by atoms with E-state index in [9.17, 15) is 4.79 Å². The first-order chi connectivity index (χ1) is 9.25. The van der Waals surface area contributed by atoms with Crippen LogP contribution in [0.3, 0.4) is 0 Å². The van der Waals surface area contributed by atoms with Crippen LogP contribution >= 0.6 is 0 Å². The van der Waals surface area contributed by atoms with E-state index in [1.807, 2.05) is 23.1 Å². The normalized spacial score (nSPS) is 18.8. The number of nitrogens with zero attached hydrogens (tertiary/aromatic N) is 1. The highest BCUT2D eigenvalue weighted by atomic mass is 16.2. The third kappa shape index (κ3) is 2.46. The molecular weight excluding hydrogens is 236 g/mol. The highest BCUT2D eigenvalue weighted by Crippen LogP contribution is 2.34. The second-order valence-electron chi connectivity index (χ2n) is 5.83. The standard InChI is InChI=1S/C16H22N2O/c17-14-7-2-8-15-13(14)6-3-11-18(15)16(19)10-9-12-4-1-5-12/h2,7-8,12H,1,3-6,9-11,17H2. The molecule has 1 aromatic rings. The maximum Gasteiger partial charge on any atom is 0.226 e. The Hall–Kier alpha value is -1.51. The summed E-state index contributed by atoms with van der Waals surface area (Å²) in [6.07, 6.45) is 7.76. The first-order valence-corrected chi connectivity index (χ1v) is 7.43. The van der Waals surface area contributed by atoms with E-state index < -0.39 is 0 Å². The van der Waals surface area contributed by atoms with Gasteiger partial charge >= 0.3 is 0 Å². The van der Waals surface area contributed by atoms with Gasteiger partial charge in [0, 0.05) is 24.3 Å². The number of rotatable bonds is 3. The van der Waals surface area contributed by atoms with Crippen LogP contribution in [0.25, 0.3) is 0 Å². The van der Waals surface area contributed by atoms with Crippen molar-refractivity contribution in [1.29, 1.82) is 0 Å². The molecule has 0 radical (unpaired) electrons. The van der Waals surface area contributed by atoms with E-state index in [0.29, 0.717) is 6.42 Å². The maximum absolute atomic E-state index is 12.4. The molecule has 0 spiro atoms. The third-order valence-electron chi connectivity index (χ3n) is 4.58. The van der Waals surface area contributed by atoms with Crippen LogP contribution < -0.4 is 10.6 Å².